The second-order valence-electron chi connectivity index (χ2n) is 11.7. The normalized spacial score (nSPS) is 11.5. The molecule has 0 spiro atoms. The molecule has 0 aromatic rings. The lowest BCUT2D eigenvalue weighted by molar-refractivity contribution is -0.147. The molecule has 0 bridgehead atoms. The van der Waals surface area contributed by atoms with Gasteiger partial charge in [-0.15, -0.1) is 0 Å². The van der Waals surface area contributed by atoms with Gasteiger partial charge in [-0.1, -0.05) is 162 Å². The number of amides is 1. The smallest absolute Gasteiger partial charge is 0.326 e. The zero-order chi connectivity index (χ0) is 30.8. The first kappa shape index (κ1) is 41.5. The van der Waals surface area contributed by atoms with Crippen LogP contribution >= 0.6 is 0 Å². The number of aliphatic carboxylic acids is 2. The van der Waals surface area contributed by atoms with E-state index >= 15 is 0 Å². The number of rotatable bonds is 30. The Balaban J connectivity index is 0. The standard InChI is InChI=1S/C22H41NO5.C12H26O/c1-2-3-4-5-6-7-8-9-10-11-12-13-14-15-16-17-20(24)23-19(22(27)28)18-21(25)26;1-2-3-4-5-6-7-8-9-10-11-12-13/h19H,2-18H2,1H3,(H,23,24)(H,25,26)(H,27,28);13H,2-12H2,1H3/t19-;/m0./s1. The molecule has 1 amide bonds. The summed E-state index contributed by atoms with van der Waals surface area (Å²) in [7, 11) is 0. The van der Waals surface area contributed by atoms with Gasteiger partial charge in [-0.05, 0) is 12.8 Å². The molecule has 244 valence electrons. The van der Waals surface area contributed by atoms with Gasteiger partial charge in [0.1, 0.15) is 6.04 Å². The Hall–Kier alpha value is -1.63. The largest absolute Gasteiger partial charge is 0.481 e. The van der Waals surface area contributed by atoms with E-state index in [-0.39, 0.29) is 12.3 Å². The van der Waals surface area contributed by atoms with Crippen molar-refractivity contribution < 1.29 is 29.7 Å². The van der Waals surface area contributed by atoms with Crippen LogP contribution in [0.5, 0.6) is 0 Å². The van der Waals surface area contributed by atoms with E-state index < -0.39 is 24.4 Å². The van der Waals surface area contributed by atoms with E-state index in [1.165, 1.54) is 135 Å². The van der Waals surface area contributed by atoms with Gasteiger partial charge in [0.05, 0.1) is 6.42 Å². The Morgan fingerprint density at radius 2 is 0.829 bits per heavy atom. The molecule has 0 aromatic carbocycles. The van der Waals surface area contributed by atoms with Gasteiger partial charge in [0.15, 0.2) is 0 Å². The highest BCUT2D eigenvalue weighted by Crippen LogP contribution is 2.14. The quantitative estimate of drug-likeness (QED) is 0.0623. The first-order valence-electron chi connectivity index (χ1n) is 17.2. The van der Waals surface area contributed by atoms with Crippen molar-refractivity contribution in [3.05, 3.63) is 0 Å². The van der Waals surface area contributed by atoms with Crippen LogP contribution in [-0.2, 0) is 14.4 Å². The molecule has 0 aliphatic carbocycles. The number of carboxylic acid groups (broad SMARTS) is 2. The van der Waals surface area contributed by atoms with Gasteiger partial charge in [-0.2, -0.15) is 0 Å². The highest BCUT2D eigenvalue weighted by Gasteiger charge is 2.22. The van der Waals surface area contributed by atoms with E-state index in [4.69, 9.17) is 15.3 Å². The molecule has 0 unspecified atom stereocenters. The molecule has 4 N–H and O–H groups in total. The first-order valence-corrected chi connectivity index (χ1v) is 17.2. The molecule has 0 rings (SSSR count). The van der Waals surface area contributed by atoms with E-state index in [0.717, 1.165) is 19.3 Å². The minimum absolute atomic E-state index is 0.252. The summed E-state index contributed by atoms with van der Waals surface area (Å²) in [5.41, 5.74) is 0. The fourth-order valence-electron chi connectivity index (χ4n) is 4.90. The summed E-state index contributed by atoms with van der Waals surface area (Å²) in [4.78, 5) is 33.2. The van der Waals surface area contributed by atoms with Crippen molar-refractivity contribution in [2.24, 2.45) is 0 Å². The van der Waals surface area contributed by atoms with Gasteiger partial charge in [-0.3, -0.25) is 9.59 Å². The van der Waals surface area contributed by atoms with Gasteiger partial charge in [0.25, 0.3) is 0 Å². The molecule has 0 saturated heterocycles. The number of carbonyl (C=O) groups is 3. The van der Waals surface area contributed by atoms with Crippen molar-refractivity contribution >= 4 is 17.8 Å². The molecule has 0 aliphatic heterocycles. The predicted octanol–water partition coefficient (Wildman–Crippen LogP) is 9.19. The molecular formula is C34H67NO6. The SMILES string of the molecule is CCCCCCCCCCCCCCCCCC(=O)N[C@@H](CC(=O)O)C(=O)O.CCCCCCCCCCCCO. The summed E-state index contributed by atoms with van der Waals surface area (Å²) in [5, 5.41) is 28.4. The minimum Gasteiger partial charge on any atom is -0.481 e. The molecule has 0 heterocycles. The number of unbranched alkanes of at least 4 members (excludes halogenated alkanes) is 23. The maximum atomic E-state index is 11.7. The number of hydrogen-bond donors (Lipinski definition) is 4. The average Bonchev–Trinajstić information content (AvgIpc) is 2.94. The molecule has 0 aliphatic rings. The van der Waals surface area contributed by atoms with E-state index in [9.17, 15) is 14.4 Å². The fourth-order valence-corrected chi connectivity index (χ4v) is 4.90. The number of nitrogens with one attached hydrogen (secondary N) is 1. The Bertz CT molecular complexity index is 574. The Labute approximate surface area is 252 Å². The number of carboxylic acids is 2. The van der Waals surface area contributed by atoms with Crippen LogP contribution in [0.25, 0.3) is 0 Å². The molecule has 1 atom stereocenters. The van der Waals surface area contributed by atoms with E-state index in [0.29, 0.717) is 13.0 Å². The third kappa shape index (κ3) is 36.3. The highest BCUT2D eigenvalue weighted by atomic mass is 16.4. The maximum absolute atomic E-state index is 11.7. The van der Waals surface area contributed by atoms with Crippen molar-refractivity contribution in [1.29, 1.82) is 0 Å². The van der Waals surface area contributed by atoms with E-state index in [1.807, 2.05) is 0 Å². The van der Waals surface area contributed by atoms with Crippen molar-refractivity contribution in [3.8, 4) is 0 Å². The molecule has 7 heteroatoms. The lowest BCUT2D eigenvalue weighted by Gasteiger charge is -2.12. The van der Waals surface area contributed by atoms with Gasteiger partial charge in [-0.25, -0.2) is 4.79 Å². The van der Waals surface area contributed by atoms with Crippen LogP contribution < -0.4 is 5.32 Å². The third-order valence-electron chi connectivity index (χ3n) is 7.53. The summed E-state index contributed by atoms with van der Waals surface area (Å²) < 4.78 is 0. The van der Waals surface area contributed by atoms with Gasteiger partial charge >= 0.3 is 11.9 Å². The van der Waals surface area contributed by atoms with Gasteiger partial charge in [0.2, 0.25) is 5.91 Å². The number of aliphatic hydroxyl groups excluding tert-OH is 1. The van der Waals surface area contributed by atoms with Crippen LogP contribution in [0.4, 0.5) is 0 Å². The summed E-state index contributed by atoms with van der Waals surface area (Å²) in [5.74, 6) is -2.93. The zero-order valence-electron chi connectivity index (χ0n) is 26.9. The molecule has 0 fully saturated rings. The van der Waals surface area contributed by atoms with Gasteiger partial charge in [0, 0.05) is 13.0 Å². The highest BCUT2D eigenvalue weighted by molar-refractivity contribution is 5.86. The zero-order valence-corrected chi connectivity index (χ0v) is 26.9. The molecule has 0 saturated carbocycles. The molecule has 0 aromatic heterocycles. The molecule has 41 heavy (non-hydrogen) atoms. The van der Waals surface area contributed by atoms with Crippen molar-refractivity contribution in [2.45, 2.75) is 193 Å². The summed E-state index contributed by atoms with van der Waals surface area (Å²) in [6.45, 7) is 4.88. The van der Waals surface area contributed by atoms with Crippen molar-refractivity contribution in [2.75, 3.05) is 6.61 Å². The van der Waals surface area contributed by atoms with Crippen LogP contribution in [0.2, 0.25) is 0 Å². The fraction of sp³-hybridized carbons (Fsp3) is 0.912. The van der Waals surface area contributed by atoms with Crippen LogP contribution in [0.3, 0.4) is 0 Å². The molecule has 0 radical (unpaired) electrons. The predicted molar refractivity (Wildman–Crippen MR) is 170 cm³/mol. The van der Waals surface area contributed by atoms with Crippen LogP contribution in [0.15, 0.2) is 0 Å². The topological polar surface area (TPSA) is 124 Å². The lowest BCUT2D eigenvalue weighted by atomic mass is 10.0. The monoisotopic (exact) mass is 585 g/mol. The summed E-state index contributed by atoms with van der Waals surface area (Å²) >= 11 is 0. The summed E-state index contributed by atoms with van der Waals surface area (Å²) in [6, 6.07) is -1.35. The van der Waals surface area contributed by atoms with E-state index in [1.54, 1.807) is 0 Å². The van der Waals surface area contributed by atoms with Crippen LogP contribution in [0.1, 0.15) is 187 Å². The van der Waals surface area contributed by atoms with E-state index in [2.05, 4.69) is 19.2 Å². The Morgan fingerprint density at radius 3 is 1.12 bits per heavy atom. The Morgan fingerprint density at radius 1 is 0.512 bits per heavy atom. The number of carbonyl (C=O) groups excluding carboxylic acids is 1. The van der Waals surface area contributed by atoms with Crippen molar-refractivity contribution in [3.63, 3.8) is 0 Å². The van der Waals surface area contributed by atoms with Crippen molar-refractivity contribution in [1.82, 2.24) is 5.32 Å². The van der Waals surface area contributed by atoms with Crippen LogP contribution in [0, 0.1) is 0 Å². The maximum Gasteiger partial charge on any atom is 0.326 e. The number of hydrogen-bond acceptors (Lipinski definition) is 4. The second kappa shape index (κ2) is 34.6. The second-order valence-corrected chi connectivity index (χ2v) is 11.7. The summed E-state index contributed by atoms with van der Waals surface area (Å²) in [6.07, 6.45) is 31.6. The Kier molecular flexibility index (Phi) is 35.0. The molecular weight excluding hydrogens is 518 g/mol. The van der Waals surface area contributed by atoms with Crippen LogP contribution in [-0.4, -0.2) is 45.8 Å². The average molecular weight is 586 g/mol. The molecule has 7 nitrogen and oxygen atoms in total. The van der Waals surface area contributed by atoms with Gasteiger partial charge < -0.3 is 20.6 Å². The number of aliphatic hydroxyl groups is 1. The minimum atomic E-state index is -1.35. The first-order chi connectivity index (χ1) is 19.9. The lowest BCUT2D eigenvalue weighted by Crippen LogP contribution is -2.42. The third-order valence-corrected chi connectivity index (χ3v) is 7.53.